The topological polar surface area (TPSA) is 64.4 Å². The summed E-state index contributed by atoms with van der Waals surface area (Å²) in [6.45, 7) is 4.89. The van der Waals surface area contributed by atoms with E-state index in [1.165, 1.54) is 19.3 Å². The number of nitrogens with one attached hydrogen (secondary N) is 1. The molecule has 0 spiro atoms. The average Bonchev–Trinajstić information content (AvgIpc) is 2.95. The highest BCUT2D eigenvalue weighted by Crippen LogP contribution is 2.58. The quantitative estimate of drug-likeness (QED) is 0.836. The first-order valence-corrected chi connectivity index (χ1v) is 9.46. The van der Waals surface area contributed by atoms with Gasteiger partial charge in [0, 0.05) is 29.2 Å². The zero-order chi connectivity index (χ0) is 15.3. The Kier molecular flexibility index (Phi) is 4.04. The molecule has 2 saturated carbocycles. The first kappa shape index (κ1) is 15.6. The van der Waals surface area contributed by atoms with Crippen LogP contribution in [0.2, 0.25) is 0 Å². The summed E-state index contributed by atoms with van der Waals surface area (Å²) in [4.78, 5) is 12.9. The summed E-state index contributed by atoms with van der Waals surface area (Å²) in [7, 11) is 0. The standard InChI is InChI=1S/C16H28N2O2S/c1-15(2)13-10(8-9-20-13)16(15,17)14(19)18-11-6-4-5-7-12(11)21-3/h10-13H,4-9,17H2,1-3H3,(H,18,19). The molecule has 0 radical (unpaired) electrons. The number of nitrogens with two attached hydrogens (primary N) is 1. The highest BCUT2D eigenvalue weighted by molar-refractivity contribution is 7.99. The number of amides is 1. The van der Waals surface area contributed by atoms with E-state index in [9.17, 15) is 4.79 Å². The Morgan fingerprint density at radius 1 is 1.29 bits per heavy atom. The highest BCUT2D eigenvalue weighted by Gasteiger charge is 2.71. The Bertz CT molecular complexity index is 429. The summed E-state index contributed by atoms with van der Waals surface area (Å²) in [5.41, 5.74) is 5.57. The molecular formula is C16H28N2O2S. The molecule has 120 valence electrons. The van der Waals surface area contributed by atoms with Crippen LogP contribution in [0.1, 0.15) is 46.0 Å². The summed E-state index contributed by atoms with van der Waals surface area (Å²) >= 11 is 1.87. The van der Waals surface area contributed by atoms with Crippen LogP contribution < -0.4 is 11.1 Å². The monoisotopic (exact) mass is 312 g/mol. The molecule has 5 atom stereocenters. The molecule has 5 heteroatoms. The van der Waals surface area contributed by atoms with Crippen LogP contribution in [0.5, 0.6) is 0 Å². The van der Waals surface area contributed by atoms with Crippen LogP contribution in [0.4, 0.5) is 0 Å². The van der Waals surface area contributed by atoms with Gasteiger partial charge in [0.15, 0.2) is 0 Å². The number of carbonyl (C=O) groups is 1. The molecule has 1 saturated heterocycles. The molecule has 0 aromatic carbocycles. The van der Waals surface area contributed by atoms with E-state index in [0.717, 1.165) is 19.4 Å². The highest BCUT2D eigenvalue weighted by atomic mass is 32.2. The molecule has 1 amide bonds. The summed E-state index contributed by atoms with van der Waals surface area (Å²) in [5, 5.41) is 3.82. The van der Waals surface area contributed by atoms with Crippen LogP contribution in [0.3, 0.4) is 0 Å². The van der Waals surface area contributed by atoms with Gasteiger partial charge >= 0.3 is 0 Å². The summed E-state index contributed by atoms with van der Waals surface area (Å²) in [6.07, 6.45) is 7.96. The number of carbonyl (C=O) groups excluding carboxylic acids is 1. The first-order valence-electron chi connectivity index (χ1n) is 8.17. The van der Waals surface area contributed by atoms with Crippen LogP contribution >= 0.6 is 11.8 Å². The number of ether oxygens (including phenoxy) is 1. The van der Waals surface area contributed by atoms with Gasteiger partial charge in [-0.1, -0.05) is 26.7 Å². The SMILES string of the molecule is CSC1CCCCC1NC(=O)C1(N)C2CCOC2C1(C)C. The van der Waals surface area contributed by atoms with Crippen molar-refractivity contribution in [3.05, 3.63) is 0 Å². The average molecular weight is 312 g/mol. The number of fused-ring (bicyclic) bond motifs is 1. The predicted molar refractivity (Wildman–Crippen MR) is 86.2 cm³/mol. The second-order valence-electron chi connectivity index (χ2n) is 7.42. The minimum Gasteiger partial charge on any atom is -0.377 e. The van der Waals surface area contributed by atoms with E-state index in [4.69, 9.17) is 10.5 Å². The summed E-state index contributed by atoms with van der Waals surface area (Å²) in [5.74, 6) is 0.231. The van der Waals surface area contributed by atoms with Gasteiger partial charge in [-0.25, -0.2) is 0 Å². The van der Waals surface area contributed by atoms with Crippen molar-refractivity contribution in [1.29, 1.82) is 0 Å². The van der Waals surface area contributed by atoms with E-state index in [1.807, 2.05) is 11.8 Å². The maximum absolute atomic E-state index is 12.9. The van der Waals surface area contributed by atoms with Crippen LogP contribution in [0.25, 0.3) is 0 Å². The Hall–Kier alpha value is -0.260. The van der Waals surface area contributed by atoms with Gasteiger partial charge in [0.2, 0.25) is 5.91 Å². The van der Waals surface area contributed by atoms with E-state index < -0.39 is 5.54 Å². The zero-order valence-corrected chi connectivity index (χ0v) is 14.2. The fourth-order valence-corrected chi connectivity index (χ4v) is 5.61. The van der Waals surface area contributed by atoms with E-state index in [1.54, 1.807) is 0 Å². The van der Waals surface area contributed by atoms with Crippen molar-refractivity contribution in [2.75, 3.05) is 12.9 Å². The fourth-order valence-electron chi connectivity index (χ4n) is 4.68. The van der Waals surface area contributed by atoms with Gasteiger partial charge in [-0.05, 0) is 25.5 Å². The van der Waals surface area contributed by atoms with Crippen molar-refractivity contribution in [2.45, 2.75) is 68.9 Å². The van der Waals surface area contributed by atoms with Gasteiger partial charge in [0.1, 0.15) is 5.54 Å². The second-order valence-corrected chi connectivity index (χ2v) is 8.49. The lowest BCUT2D eigenvalue weighted by Crippen LogP contribution is -2.80. The zero-order valence-electron chi connectivity index (χ0n) is 13.4. The Morgan fingerprint density at radius 3 is 2.71 bits per heavy atom. The van der Waals surface area contributed by atoms with E-state index in [-0.39, 0.29) is 29.4 Å². The van der Waals surface area contributed by atoms with Gasteiger partial charge in [-0.3, -0.25) is 4.79 Å². The minimum atomic E-state index is -0.769. The van der Waals surface area contributed by atoms with Crippen LogP contribution in [-0.4, -0.2) is 41.7 Å². The molecule has 21 heavy (non-hydrogen) atoms. The first-order chi connectivity index (χ1) is 9.92. The largest absolute Gasteiger partial charge is 0.377 e. The number of hydrogen-bond donors (Lipinski definition) is 2. The van der Waals surface area contributed by atoms with Gasteiger partial charge in [-0.15, -0.1) is 0 Å². The summed E-state index contributed by atoms with van der Waals surface area (Å²) in [6, 6.07) is 0.277. The van der Waals surface area contributed by atoms with Crippen LogP contribution in [0.15, 0.2) is 0 Å². The van der Waals surface area contributed by atoms with Gasteiger partial charge < -0.3 is 15.8 Å². The lowest BCUT2D eigenvalue weighted by atomic mass is 9.48. The van der Waals surface area contributed by atoms with Crippen molar-refractivity contribution in [1.82, 2.24) is 5.32 Å². The fraction of sp³-hybridized carbons (Fsp3) is 0.938. The van der Waals surface area contributed by atoms with Crippen molar-refractivity contribution < 1.29 is 9.53 Å². The second kappa shape index (κ2) is 5.43. The van der Waals surface area contributed by atoms with E-state index in [0.29, 0.717) is 5.25 Å². The Labute approximate surface area is 131 Å². The molecule has 1 aliphatic heterocycles. The number of hydrogen-bond acceptors (Lipinski definition) is 4. The lowest BCUT2D eigenvalue weighted by Gasteiger charge is -2.61. The van der Waals surface area contributed by atoms with Gasteiger partial charge in [0.05, 0.1) is 6.10 Å². The van der Waals surface area contributed by atoms with Crippen molar-refractivity contribution in [2.24, 2.45) is 17.1 Å². The maximum Gasteiger partial charge on any atom is 0.241 e. The molecule has 4 nitrogen and oxygen atoms in total. The van der Waals surface area contributed by atoms with Crippen LogP contribution in [-0.2, 0) is 9.53 Å². The minimum absolute atomic E-state index is 0.0465. The van der Waals surface area contributed by atoms with E-state index in [2.05, 4.69) is 25.4 Å². The number of thioether (sulfide) groups is 1. The van der Waals surface area contributed by atoms with E-state index >= 15 is 0 Å². The maximum atomic E-state index is 12.9. The third-order valence-corrected chi connectivity index (χ3v) is 7.32. The molecule has 0 aromatic heterocycles. The van der Waals surface area contributed by atoms with Gasteiger partial charge in [-0.2, -0.15) is 11.8 Å². The van der Waals surface area contributed by atoms with Crippen LogP contribution in [0, 0.1) is 11.3 Å². The molecule has 3 rings (SSSR count). The normalized spacial score (nSPS) is 44.8. The molecule has 5 unspecified atom stereocenters. The Balaban J connectivity index is 1.72. The van der Waals surface area contributed by atoms with Crippen molar-refractivity contribution in [3.63, 3.8) is 0 Å². The summed E-state index contributed by atoms with van der Waals surface area (Å²) < 4.78 is 5.78. The lowest BCUT2D eigenvalue weighted by molar-refractivity contribution is -0.176. The molecule has 0 bridgehead atoms. The molecular weight excluding hydrogens is 284 g/mol. The number of rotatable bonds is 3. The van der Waals surface area contributed by atoms with Crippen molar-refractivity contribution in [3.8, 4) is 0 Å². The third kappa shape index (κ3) is 2.15. The molecule has 1 heterocycles. The third-order valence-electron chi connectivity index (χ3n) is 6.15. The molecule has 3 N–H and O–H groups in total. The molecule has 2 aliphatic carbocycles. The van der Waals surface area contributed by atoms with Crippen molar-refractivity contribution >= 4 is 17.7 Å². The smallest absolute Gasteiger partial charge is 0.241 e. The van der Waals surface area contributed by atoms with Gasteiger partial charge in [0.25, 0.3) is 0 Å². The molecule has 3 aliphatic rings. The predicted octanol–water partition coefficient (Wildman–Crippen LogP) is 1.92. The molecule has 3 fully saturated rings. The Morgan fingerprint density at radius 2 is 2.00 bits per heavy atom. The molecule has 0 aromatic rings.